The van der Waals surface area contributed by atoms with Crippen LogP contribution in [-0.2, 0) is 16.1 Å². The number of carbonyl (C=O) groups excluding carboxylic acids is 2. The van der Waals surface area contributed by atoms with Crippen LogP contribution < -0.4 is 5.32 Å². The first-order chi connectivity index (χ1) is 10.3. The van der Waals surface area contributed by atoms with Crippen LogP contribution in [0.4, 0.5) is 0 Å². The first kappa shape index (κ1) is 18.2. The van der Waals surface area contributed by atoms with Crippen molar-refractivity contribution in [3.63, 3.8) is 0 Å². The van der Waals surface area contributed by atoms with Gasteiger partial charge in [-0.2, -0.15) is 0 Å². The zero-order valence-electron chi connectivity index (χ0n) is 14.2. The normalized spacial score (nSPS) is 10.9. The van der Waals surface area contributed by atoms with Crippen molar-refractivity contribution >= 4 is 11.8 Å². The molecule has 0 bridgehead atoms. The van der Waals surface area contributed by atoms with E-state index in [1.165, 1.54) is 16.0 Å². The van der Waals surface area contributed by atoms with Crippen LogP contribution in [-0.4, -0.2) is 55.8 Å². The van der Waals surface area contributed by atoms with E-state index < -0.39 is 0 Å². The molecule has 0 aliphatic rings. The molecule has 0 fully saturated rings. The maximum absolute atomic E-state index is 11.8. The molecule has 0 aliphatic carbocycles. The Hall–Kier alpha value is -1.88. The summed E-state index contributed by atoms with van der Waals surface area (Å²) in [5, 5.41) is 2.63. The van der Waals surface area contributed by atoms with Gasteiger partial charge in [-0.15, -0.1) is 0 Å². The quantitative estimate of drug-likeness (QED) is 0.829. The third-order valence-electron chi connectivity index (χ3n) is 3.45. The highest BCUT2D eigenvalue weighted by Crippen LogP contribution is 2.15. The monoisotopic (exact) mass is 305 g/mol. The number of carbonyl (C=O) groups is 2. The Kier molecular flexibility index (Phi) is 7.05. The number of hydrogen-bond acceptors (Lipinski definition) is 3. The van der Waals surface area contributed by atoms with E-state index in [0.717, 1.165) is 0 Å². The number of benzene rings is 1. The standard InChI is InChI=1S/C17H27N3O2/c1-13(2)15-8-6-14(7-9-15)11-20(5)12-16(21)18-10-17(22)19(3)4/h6-9,13H,10-12H2,1-5H3,(H,18,21). The lowest BCUT2D eigenvalue weighted by Crippen LogP contribution is -2.40. The Balaban J connectivity index is 2.40. The van der Waals surface area contributed by atoms with Crippen molar-refractivity contribution in [1.82, 2.24) is 15.1 Å². The van der Waals surface area contributed by atoms with Crippen LogP contribution >= 0.6 is 0 Å². The lowest BCUT2D eigenvalue weighted by atomic mass is 10.0. The van der Waals surface area contributed by atoms with E-state index in [4.69, 9.17) is 0 Å². The van der Waals surface area contributed by atoms with Gasteiger partial charge in [-0.1, -0.05) is 38.1 Å². The fourth-order valence-corrected chi connectivity index (χ4v) is 2.01. The Morgan fingerprint density at radius 2 is 1.68 bits per heavy atom. The van der Waals surface area contributed by atoms with Gasteiger partial charge in [0.2, 0.25) is 11.8 Å². The van der Waals surface area contributed by atoms with E-state index in [9.17, 15) is 9.59 Å². The molecule has 5 nitrogen and oxygen atoms in total. The molecule has 2 amide bonds. The summed E-state index contributed by atoms with van der Waals surface area (Å²) in [6, 6.07) is 8.45. The number of rotatable bonds is 7. The summed E-state index contributed by atoms with van der Waals surface area (Å²) >= 11 is 0. The molecule has 0 spiro atoms. The third kappa shape index (κ3) is 6.26. The van der Waals surface area contributed by atoms with Crippen LogP contribution in [0.15, 0.2) is 24.3 Å². The zero-order valence-corrected chi connectivity index (χ0v) is 14.2. The van der Waals surface area contributed by atoms with Crippen molar-refractivity contribution in [1.29, 1.82) is 0 Å². The maximum atomic E-state index is 11.8. The van der Waals surface area contributed by atoms with E-state index in [-0.39, 0.29) is 24.9 Å². The smallest absolute Gasteiger partial charge is 0.241 e. The van der Waals surface area contributed by atoms with Crippen LogP contribution in [0.2, 0.25) is 0 Å². The second-order valence-electron chi connectivity index (χ2n) is 6.13. The lowest BCUT2D eigenvalue weighted by Gasteiger charge is -2.17. The summed E-state index contributed by atoms with van der Waals surface area (Å²) in [5.74, 6) is 0.267. The van der Waals surface area contributed by atoms with Gasteiger partial charge in [-0.05, 0) is 24.1 Å². The summed E-state index contributed by atoms with van der Waals surface area (Å²) in [6.07, 6.45) is 0. The molecule has 0 aliphatic heterocycles. The Bertz CT molecular complexity index is 495. The summed E-state index contributed by atoms with van der Waals surface area (Å²) in [5.41, 5.74) is 2.48. The van der Waals surface area contributed by atoms with Gasteiger partial charge in [0.1, 0.15) is 0 Å². The Morgan fingerprint density at radius 3 is 2.18 bits per heavy atom. The van der Waals surface area contributed by atoms with E-state index in [1.807, 2.05) is 11.9 Å². The van der Waals surface area contributed by atoms with Gasteiger partial charge >= 0.3 is 0 Å². The molecule has 0 unspecified atom stereocenters. The van der Waals surface area contributed by atoms with Gasteiger partial charge < -0.3 is 10.2 Å². The largest absolute Gasteiger partial charge is 0.347 e. The predicted molar refractivity (Wildman–Crippen MR) is 88.6 cm³/mol. The molecule has 0 saturated carbocycles. The van der Waals surface area contributed by atoms with Crippen LogP contribution in [0.5, 0.6) is 0 Å². The SMILES string of the molecule is CC(C)c1ccc(CN(C)CC(=O)NCC(=O)N(C)C)cc1. The van der Waals surface area contributed by atoms with Crippen molar-refractivity contribution < 1.29 is 9.59 Å². The highest BCUT2D eigenvalue weighted by atomic mass is 16.2. The van der Waals surface area contributed by atoms with Gasteiger partial charge in [0, 0.05) is 20.6 Å². The van der Waals surface area contributed by atoms with Crippen molar-refractivity contribution in [3.05, 3.63) is 35.4 Å². The molecule has 5 heteroatoms. The molecule has 0 aromatic heterocycles. The second-order valence-corrected chi connectivity index (χ2v) is 6.13. The summed E-state index contributed by atoms with van der Waals surface area (Å²) in [4.78, 5) is 26.6. The van der Waals surface area contributed by atoms with E-state index >= 15 is 0 Å². The first-order valence-electron chi connectivity index (χ1n) is 7.53. The van der Waals surface area contributed by atoms with Crippen LogP contribution in [0.3, 0.4) is 0 Å². The molecular weight excluding hydrogens is 278 g/mol. The fraction of sp³-hybridized carbons (Fsp3) is 0.529. The predicted octanol–water partition coefficient (Wildman–Crippen LogP) is 1.45. The Morgan fingerprint density at radius 1 is 1.09 bits per heavy atom. The number of nitrogens with zero attached hydrogens (tertiary/aromatic N) is 2. The lowest BCUT2D eigenvalue weighted by molar-refractivity contribution is -0.131. The van der Waals surface area contributed by atoms with Crippen molar-refractivity contribution in [2.24, 2.45) is 0 Å². The van der Waals surface area contributed by atoms with Gasteiger partial charge in [0.25, 0.3) is 0 Å². The summed E-state index contributed by atoms with van der Waals surface area (Å²) < 4.78 is 0. The Labute approximate surface area is 133 Å². The molecule has 1 N–H and O–H groups in total. The van der Waals surface area contributed by atoms with Crippen molar-refractivity contribution in [2.45, 2.75) is 26.3 Å². The van der Waals surface area contributed by atoms with Crippen LogP contribution in [0.25, 0.3) is 0 Å². The number of nitrogens with one attached hydrogen (secondary N) is 1. The maximum Gasteiger partial charge on any atom is 0.241 e. The molecular formula is C17H27N3O2. The summed E-state index contributed by atoms with van der Waals surface area (Å²) in [6.45, 7) is 5.35. The van der Waals surface area contributed by atoms with Gasteiger partial charge in [-0.25, -0.2) is 0 Å². The molecule has 0 radical (unpaired) electrons. The molecule has 122 valence electrons. The van der Waals surface area contributed by atoms with Gasteiger partial charge in [0.15, 0.2) is 0 Å². The van der Waals surface area contributed by atoms with Crippen LogP contribution in [0, 0.1) is 0 Å². The minimum absolute atomic E-state index is 0.0444. The van der Waals surface area contributed by atoms with E-state index in [1.54, 1.807) is 14.1 Å². The topological polar surface area (TPSA) is 52.7 Å². The first-order valence-corrected chi connectivity index (χ1v) is 7.53. The number of likely N-dealkylation sites (N-methyl/N-ethyl adjacent to an activating group) is 2. The van der Waals surface area contributed by atoms with Crippen molar-refractivity contribution in [3.8, 4) is 0 Å². The highest BCUT2D eigenvalue weighted by molar-refractivity contribution is 5.85. The molecule has 0 saturated heterocycles. The molecule has 22 heavy (non-hydrogen) atoms. The minimum atomic E-state index is -0.142. The molecule has 1 rings (SSSR count). The van der Waals surface area contributed by atoms with E-state index in [2.05, 4.69) is 43.4 Å². The molecule has 0 atom stereocenters. The van der Waals surface area contributed by atoms with E-state index in [0.29, 0.717) is 12.5 Å². The van der Waals surface area contributed by atoms with Crippen molar-refractivity contribution in [2.75, 3.05) is 34.2 Å². The zero-order chi connectivity index (χ0) is 16.7. The molecule has 1 aromatic carbocycles. The second kappa shape index (κ2) is 8.54. The molecule has 0 heterocycles. The average Bonchev–Trinajstić information content (AvgIpc) is 2.44. The highest BCUT2D eigenvalue weighted by Gasteiger charge is 2.10. The third-order valence-corrected chi connectivity index (χ3v) is 3.45. The fourth-order valence-electron chi connectivity index (χ4n) is 2.01. The number of hydrogen-bond donors (Lipinski definition) is 1. The van der Waals surface area contributed by atoms with Gasteiger partial charge in [-0.3, -0.25) is 14.5 Å². The summed E-state index contributed by atoms with van der Waals surface area (Å²) in [7, 11) is 5.23. The van der Waals surface area contributed by atoms with Gasteiger partial charge in [0.05, 0.1) is 13.1 Å². The number of amides is 2. The van der Waals surface area contributed by atoms with Crippen LogP contribution in [0.1, 0.15) is 30.9 Å². The molecule has 1 aromatic rings. The minimum Gasteiger partial charge on any atom is -0.347 e. The average molecular weight is 305 g/mol.